The molecule has 0 aliphatic heterocycles. The van der Waals surface area contributed by atoms with Crippen LogP contribution in [0.15, 0.2) is 72.1 Å². The monoisotopic (exact) mass is 348 g/mol. The van der Waals surface area contributed by atoms with Crippen LogP contribution in [-0.2, 0) is 5.75 Å². The van der Waals surface area contributed by atoms with Crippen LogP contribution in [-0.4, -0.2) is 29.8 Å². The van der Waals surface area contributed by atoms with Gasteiger partial charge in [0.05, 0.1) is 11.4 Å². The predicted octanol–water partition coefficient (Wildman–Crippen LogP) is 3.45. The van der Waals surface area contributed by atoms with E-state index in [0.29, 0.717) is 5.75 Å². The highest BCUT2D eigenvalue weighted by Crippen LogP contribution is 2.24. The minimum atomic E-state index is 0.630. The summed E-state index contributed by atoms with van der Waals surface area (Å²) in [5.74, 6) is 1.42. The minimum Gasteiger partial charge on any atom is -0.295 e. The van der Waals surface area contributed by atoms with Gasteiger partial charge in [-0.15, -0.1) is 5.10 Å². The minimum absolute atomic E-state index is 0.630. The van der Waals surface area contributed by atoms with Gasteiger partial charge < -0.3 is 0 Å². The number of aromatic nitrogens is 6. The van der Waals surface area contributed by atoms with Crippen LogP contribution in [0, 0.1) is 6.92 Å². The highest BCUT2D eigenvalue weighted by atomic mass is 32.2. The van der Waals surface area contributed by atoms with Crippen molar-refractivity contribution in [3.8, 4) is 11.4 Å². The van der Waals surface area contributed by atoms with Crippen LogP contribution < -0.4 is 0 Å². The van der Waals surface area contributed by atoms with E-state index in [2.05, 4.69) is 56.3 Å². The lowest BCUT2D eigenvalue weighted by Gasteiger charge is -2.08. The van der Waals surface area contributed by atoms with E-state index in [9.17, 15) is 0 Å². The second-order valence-corrected chi connectivity index (χ2v) is 6.49. The van der Waals surface area contributed by atoms with Crippen LogP contribution in [0.5, 0.6) is 0 Å². The number of para-hydroxylation sites is 1. The van der Waals surface area contributed by atoms with E-state index in [1.807, 2.05) is 42.7 Å². The number of aryl methyl sites for hydroxylation is 1. The first kappa shape index (κ1) is 15.6. The van der Waals surface area contributed by atoms with Gasteiger partial charge in [-0.05, 0) is 47.2 Å². The van der Waals surface area contributed by atoms with Gasteiger partial charge in [-0.25, -0.2) is 4.98 Å². The lowest BCUT2D eigenvalue weighted by molar-refractivity contribution is 0.777. The number of benzene rings is 2. The zero-order valence-electron chi connectivity index (χ0n) is 13.6. The third-order valence-electron chi connectivity index (χ3n) is 3.75. The van der Waals surface area contributed by atoms with Crippen molar-refractivity contribution < 1.29 is 0 Å². The van der Waals surface area contributed by atoms with Crippen molar-refractivity contribution >= 4 is 11.8 Å². The second kappa shape index (κ2) is 6.90. The first-order chi connectivity index (χ1) is 12.3. The Balaban J connectivity index is 1.56. The summed E-state index contributed by atoms with van der Waals surface area (Å²) in [4.78, 5) is 4.47. The van der Waals surface area contributed by atoms with Gasteiger partial charge >= 0.3 is 0 Å². The van der Waals surface area contributed by atoms with Gasteiger partial charge in [0.1, 0.15) is 0 Å². The van der Waals surface area contributed by atoms with Gasteiger partial charge in [0.25, 0.3) is 0 Å². The summed E-state index contributed by atoms with van der Waals surface area (Å²) >= 11 is 1.61. The van der Waals surface area contributed by atoms with E-state index in [-0.39, 0.29) is 0 Å². The number of hydrogen-bond donors (Lipinski definition) is 0. The molecule has 0 saturated carbocycles. The zero-order chi connectivity index (χ0) is 17.1. The molecule has 6 nitrogen and oxygen atoms in total. The Hall–Kier alpha value is -2.93. The highest BCUT2D eigenvalue weighted by Gasteiger charge is 2.12. The molecule has 0 amide bonds. The molecule has 0 unspecified atom stereocenters. The smallest absolute Gasteiger partial charge is 0.173 e. The van der Waals surface area contributed by atoms with Gasteiger partial charge in [-0.2, -0.15) is 4.68 Å². The maximum atomic E-state index is 4.47. The Bertz CT molecular complexity index is 976. The summed E-state index contributed by atoms with van der Waals surface area (Å²) in [5, 5.41) is 13.0. The Kier molecular flexibility index (Phi) is 4.30. The Morgan fingerprint density at radius 1 is 1.00 bits per heavy atom. The quantitative estimate of drug-likeness (QED) is 0.517. The van der Waals surface area contributed by atoms with Crippen molar-refractivity contribution in [3.63, 3.8) is 0 Å². The van der Waals surface area contributed by atoms with Crippen LogP contribution in [0.1, 0.15) is 11.4 Å². The summed E-state index contributed by atoms with van der Waals surface area (Å²) in [7, 11) is 0. The molecule has 0 radical (unpaired) electrons. The summed E-state index contributed by atoms with van der Waals surface area (Å²) in [6.07, 6.45) is 3.78. The average Bonchev–Trinajstić information content (AvgIpc) is 3.30. The molecular weight excluding hydrogens is 332 g/mol. The molecule has 2 aromatic carbocycles. The number of rotatable bonds is 5. The molecule has 0 fully saturated rings. The first-order valence-corrected chi connectivity index (χ1v) is 8.86. The van der Waals surface area contributed by atoms with E-state index in [1.165, 1.54) is 5.56 Å². The molecule has 4 aromatic rings. The summed E-state index contributed by atoms with van der Waals surface area (Å²) in [6, 6.07) is 18.2. The van der Waals surface area contributed by atoms with Gasteiger partial charge in [-0.3, -0.25) is 4.57 Å². The van der Waals surface area contributed by atoms with E-state index in [1.54, 1.807) is 16.4 Å². The van der Waals surface area contributed by atoms with Gasteiger partial charge in [0.2, 0.25) is 0 Å². The number of tetrazole rings is 1. The first-order valence-electron chi connectivity index (χ1n) is 7.87. The molecule has 0 saturated heterocycles. The molecule has 0 atom stereocenters. The molecular formula is C18H16N6S. The Labute approximate surface area is 149 Å². The molecule has 0 aliphatic rings. The largest absolute Gasteiger partial charge is 0.295 e. The zero-order valence-corrected chi connectivity index (χ0v) is 14.5. The maximum absolute atomic E-state index is 4.47. The molecule has 124 valence electrons. The SMILES string of the molecule is Cc1cccc(-n2ccnc2SCc2nnnn2-c2ccccc2)c1. The highest BCUT2D eigenvalue weighted by molar-refractivity contribution is 7.98. The van der Waals surface area contributed by atoms with Crippen molar-refractivity contribution in [3.05, 3.63) is 78.4 Å². The van der Waals surface area contributed by atoms with Crippen LogP contribution in [0.4, 0.5) is 0 Å². The van der Waals surface area contributed by atoms with Crippen molar-refractivity contribution in [1.29, 1.82) is 0 Å². The molecule has 0 bridgehead atoms. The third-order valence-corrected chi connectivity index (χ3v) is 4.71. The average molecular weight is 348 g/mol. The molecule has 2 aromatic heterocycles. The molecule has 0 N–H and O–H groups in total. The molecule has 25 heavy (non-hydrogen) atoms. The fourth-order valence-corrected chi connectivity index (χ4v) is 3.44. The van der Waals surface area contributed by atoms with Crippen LogP contribution in [0.25, 0.3) is 11.4 Å². The third kappa shape index (κ3) is 3.32. The molecule has 0 spiro atoms. The Morgan fingerprint density at radius 2 is 1.84 bits per heavy atom. The number of imidazole rings is 1. The normalized spacial score (nSPS) is 10.9. The van der Waals surface area contributed by atoms with Crippen molar-refractivity contribution in [2.45, 2.75) is 17.8 Å². The number of thioether (sulfide) groups is 1. The fourth-order valence-electron chi connectivity index (χ4n) is 2.57. The van der Waals surface area contributed by atoms with E-state index >= 15 is 0 Å². The van der Waals surface area contributed by atoms with Crippen molar-refractivity contribution in [2.24, 2.45) is 0 Å². The molecule has 4 rings (SSSR count). The standard InChI is InChI=1S/C18H16N6S/c1-14-6-5-9-16(12-14)23-11-10-19-18(23)25-13-17-20-21-22-24(17)15-7-3-2-4-8-15/h2-12H,13H2,1H3. The van der Waals surface area contributed by atoms with E-state index in [0.717, 1.165) is 22.4 Å². The van der Waals surface area contributed by atoms with E-state index in [4.69, 9.17) is 0 Å². The topological polar surface area (TPSA) is 61.4 Å². The number of nitrogens with zero attached hydrogens (tertiary/aromatic N) is 6. The van der Waals surface area contributed by atoms with Crippen molar-refractivity contribution in [1.82, 2.24) is 29.8 Å². The Morgan fingerprint density at radius 3 is 2.68 bits per heavy atom. The maximum Gasteiger partial charge on any atom is 0.173 e. The number of hydrogen-bond acceptors (Lipinski definition) is 5. The summed E-state index contributed by atoms with van der Waals surface area (Å²) in [5.41, 5.74) is 3.27. The van der Waals surface area contributed by atoms with Gasteiger partial charge in [0, 0.05) is 18.1 Å². The van der Waals surface area contributed by atoms with E-state index < -0.39 is 0 Å². The lowest BCUT2D eigenvalue weighted by atomic mass is 10.2. The van der Waals surface area contributed by atoms with Crippen molar-refractivity contribution in [2.75, 3.05) is 0 Å². The van der Waals surface area contributed by atoms with Crippen LogP contribution in [0.2, 0.25) is 0 Å². The van der Waals surface area contributed by atoms with Crippen LogP contribution >= 0.6 is 11.8 Å². The van der Waals surface area contributed by atoms with Gasteiger partial charge in [0.15, 0.2) is 11.0 Å². The predicted molar refractivity (Wildman–Crippen MR) is 97.0 cm³/mol. The second-order valence-electron chi connectivity index (χ2n) is 5.55. The lowest BCUT2D eigenvalue weighted by Crippen LogP contribution is -2.02. The van der Waals surface area contributed by atoms with Gasteiger partial charge in [-0.1, -0.05) is 42.1 Å². The molecule has 7 heteroatoms. The summed E-state index contributed by atoms with van der Waals surface area (Å²) < 4.78 is 3.83. The van der Waals surface area contributed by atoms with Crippen LogP contribution in [0.3, 0.4) is 0 Å². The molecule has 2 heterocycles. The molecule has 0 aliphatic carbocycles. The fraction of sp³-hybridized carbons (Fsp3) is 0.111. The summed E-state index contributed by atoms with van der Waals surface area (Å²) in [6.45, 7) is 2.08.